The smallest absolute Gasteiger partial charge is 0.356 e. The largest absolute Gasteiger partial charge is 0.390 e. The van der Waals surface area contributed by atoms with E-state index in [0.717, 1.165) is 12.8 Å². The first-order valence-corrected chi connectivity index (χ1v) is 6.28. The van der Waals surface area contributed by atoms with Crippen molar-refractivity contribution >= 4 is 5.96 Å². The van der Waals surface area contributed by atoms with Gasteiger partial charge >= 0.3 is 6.18 Å². The van der Waals surface area contributed by atoms with Gasteiger partial charge in [0.1, 0.15) is 0 Å². The highest BCUT2D eigenvalue weighted by Gasteiger charge is 2.26. The number of halogens is 3. The third-order valence-corrected chi connectivity index (χ3v) is 2.48. The van der Waals surface area contributed by atoms with Crippen LogP contribution in [-0.2, 0) is 0 Å². The number of hydrogen-bond acceptors (Lipinski definition) is 1. The van der Waals surface area contributed by atoms with E-state index in [1.54, 1.807) is 7.05 Å². The zero-order valence-corrected chi connectivity index (χ0v) is 11.6. The Morgan fingerprint density at radius 1 is 1.17 bits per heavy atom. The molecular formula is C12H24F3N3. The molecule has 0 fully saturated rings. The number of nitrogens with zero attached hydrogens (tertiary/aromatic N) is 1. The van der Waals surface area contributed by atoms with E-state index in [9.17, 15) is 13.2 Å². The number of hydrogen-bond donors (Lipinski definition) is 2. The third-order valence-electron chi connectivity index (χ3n) is 2.48. The zero-order valence-electron chi connectivity index (χ0n) is 11.6. The van der Waals surface area contributed by atoms with Gasteiger partial charge in [0.15, 0.2) is 5.96 Å². The van der Waals surface area contributed by atoms with E-state index in [-0.39, 0.29) is 12.6 Å². The monoisotopic (exact) mass is 267 g/mol. The molecule has 1 atom stereocenters. The highest BCUT2D eigenvalue weighted by Crippen LogP contribution is 2.18. The fourth-order valence-electron chi connectivity index (χ4n) is 1.41. The summed E-state index contributed by atoms with van der Waals surface area (Å²) < 4.78 is 35.9. The average Bonchev–Trinajstić information content (AvgIpc) is 2.23. The predicted octanol–water partition coefficient (Wildman–Crippen LogP) is 2.93. The van der Waals surface area contributed by atoms with E-state index in [1.807, 2.05) is 6.92 Å². The number of alkyl halides is 3. The number of rotatable bonds is 6. The Morgan fingerprint density at radius 2 is 1.78 bits per heavy atom. The molecule has 0 radical (unpaired) electrons. The van der Waals surface area contributed by atoms with Crippen molar-refractivity contribution in [2.45, 2.75) is 52.3 Å². The van der Waals surface area contributed by atoms with Gasteiger partial charge in [0.25, 0.3) is 0 Å². The molecule has 0 rings (SSSR count). The maximum atomic E-state index is 12.0. The number of guanidine groups is 1. The van der Waals surface area contributed by atoms with Crippen LogP contribution in [0.5, 0.6) is 0 Å². The fraction of sp³-hybridized carbons (Fsp3) is 0.917. The molecule has 0 saturated heterocycles. The molecule has 0 aliphatic rings. The van der Waals surface area contributed by atoms with Crippen molar-refractivity contribution in [1.82, 2.24) is 10.6 Å². The van der Waals surface area contributed by atoms with Gasteiger partial charge in [-0.05, 0) is 25.7 Å². The molecule has 2 N–H and O–H groups in total. The summed E-state index contributed by atoms with van der Waals surface area (Å²) in [5, 5.41) is 5.74. The first-order valence-electron chi connectivity index (χ1n) is 6.28. The summed E-state index contributed by atoms with van der Waals surface area (Å²) in [5.41, 5.74) is 0. The molecule has 0 bridgehead atoms. The normalized spacial score (nSPS) is 14.8. The second kappa shape index (κ2) is 8.21. The van der Waals surface area contributed by atoms with Crippen LogP contribution in [0, 0.1) is 5.92 Å². The summed E-state index contributed by atoms with van der Waals surface area (Å²) in [5.74, 6) is 1.05. The maximum absolute atomic E-state index is 12.0. The Kier molecular flexibility index (Phi) is 7.78. The molecule has 6 heteroatoms. The van der Waals surface area contributed by atoms with Crippen LogP contribution in [0.15, 0.2) is 4.99 Å². The van der Waals surface area contributed by atoms with Crippen LogP contribution in [0.1, 0.15) is 40.0 Å². The topological polar surface area (TPSA) is 36.4 Å². The van der Waals surface area contributed by atoms with Gasteiger partial charge in [-0.15, -0.1) is 0 Å². The minimum Gasteiger partial charge on any atom is -0.356 e. The Morgan fingerprint density at radius 3 is 2.22 bits per heavy atom. The first kappa shape index (κ1) is 17.1. The van der Waals surface area contributed by atoms with Crippen molar-refractivity contribution in [3.8, 4) is 0 Å². The molecule has 0 saturated carbocycles. The van der Waals surface area contributed by atoms with Crippen molar-refractivity contribution in [2.75, 3.05) is 13.6 Å². The van der Waals surface area contributed by atoms with Gasteiger partial charge in [-0.1, -0.05) is 13.8 Å². The molecule has 0 aromatic carbocycles. The van der Waals surface area contributed by atoms with Crippen LogP contribution in [0.4, 0.5) is 13.2 Å². The zero-order chi connectivity index (χ0) is 14.2. The minimum absolute atomic E-state index is 0.153. The van der Waals surface area contributed by atoms with Crippen LogP contribution in [0.2, 0.25) is 0 Å². The summed E-state index contributed by atoms with van der Waals surface area (Å²) >= 11 is 0. The minimum atomic E-state index is -4.13. The van der Waals surface area contributed by atoms with Crippen molar-refractivity contribution in [3.05, 3.63) is 0 Å². The van der Waals surface area contributed by atoms with Gasteiger partial charge < -0.3 is 10.6 Å². The molecule has 0 aromatic heterocycles. The molecule has 0 amide bonds. The lowest BCUT2D eigenvalue weighted by Gasteiger charge is -2.19. The van der Waals surface area contributed by atoms with Gasteiger partial charge in [-0.2, -0.15) is 13.2 Å². The lowest BCUT2D eigenvalue weighted by Crippen LogP contribution is -2.43. The van der Waals surface area contributed by atoms with Crippen LogP contribution in [0.25, 0.3) is 0 Å². The van der Waals surface area contributed by atoms with Crippen LogP contribution in [-0.4, -0.2) is 31.8 Å². The van der Waals surface area contributed by atoms with E-state index in [1.165, 1.54) is 0 Å². The quantitative estimate of drug-likeness (QED) is 0.573. The maximum Gasteiger partial charge on any atom is 0.390 e. The van der Waals surface area contributed by atoms with Gasteiger partial charge in [-0.3, -0.25) is 4.99 Å². The lowest BCUT2D eigenvalue weighted by atomic mass is 10.0. The van der Waals surface area contributed by atoms with Gasteiger partial charge in [-0.25, -0.2) is 0 Å². The average molecular weight is 267 g/mol. The number of nitrogens with one attached hydrogen (secondary N) is 2. The molecule has 0 heterocycles. The van der Waals surface area contributed by atoms with Crippen molar-refractivity contribution in [2.24, 2.45) is 10.9 Å². The third kappa shape index (κ3) is 10.2. The van der Waals surface area contributed by atoms with Crippen molar-refractivity contribution in [3.63, 3.8) is 0 Å². The molecule has 108 valence electrons. The Labute approximate surface area is 107 Å². The molecule has 0 aliphatic heterocycles. The van der Waals surface area contributed by atoms with E-state index in [4.69, 9.17) is 0 Å². The summed E-state index contributed by atoms with van der Waals surface area (Å²) in [4.78, 5) is 3.90. The Balaban J connectivity index is 3.90. The Hall–Kier alpha value is -0.940. The summed E-state index contributed by atoms with van der Waals surface area (Å²) in [6.45, 7) is 6.13. The molecule has 0 aliphatic carbocycles. The summed E-state index contributed by atoms with van der Waals surface area (Å²) in [7, 11) is 1.55. The van der Waals surface area contributed by atoms with Crippen molar-refractivity contribution in [1.29, 1.82) is 0 Å². The highest BCUT2D eigenvalue weighted by atomic mass is 19.4. The molecule has 3 nitrogen and oxygen atoms in total. The SMILES string of the molecule is CN=C(NCCC(F)(F)F)NC(C)CCC(C)C. The molecule has 1 unspecified atom stereocenters. The first-order chi connectivity index (χ1) is 8.24. The van der Waals surface area contributed by atoms with E-state index in [0.29, 0.717) is 11.9 Å². The predicted molar refractivity (Wildman–Crippen MR) is 68.7 cm³/mol. The van der Waals surface area contributed by atoms with E-state index >= 15 is 0 Å². The summed E-state index contributed by atoms with van der Waals surface area (Å²) in [6, 6.07) is 0.199. The number of aliphatic imine (C=N–C) groups is 1. The van der Waals surface area contributed by atoms with Crippen molar-refractivity contribution < 1.29 is 13.2 Å². The fourth-order valence-corrected chi connectivity index (χ4v) is 1.41. The van der Waals surface area contributed by atoms with Crippen LogP contribution >= 0.6 is 0 Å². The second-order valence-electron chi connectivity index (χ2n) is 4.88. The van der Waals surface area contributed by atoms with Gasteiger partial charge in [0, 0.05) is 19.6 Å². The second-order valence-corrected chi connectivity index (χ2v) is 4.88. The van der Waals surface area contributed by atoms with Crippen LogP contribution in [0.3, 0.4) is 0 Å². The Bertz CT molecular complexity index is 249. The van der Waals surface area contributed by atoms with E-state index < -0.39 is 12.6 Å². The van der Waals surface area contributed by atoms with Gasteiger partial charge in [0.05, 0.1) is 6.42 Å². The van der Waals surface area contributed by atoms with E-state index in [2.05, 4.69) is 29.5 Å². The van der Waals surface area contributed by atoms with Crippen LogP contribution < -0.4 is 10.6 Å². The molecule has 18 heavy (non-hydrogen) atoms. The summed E-state index contributed by atoms with van der Waals surface area (Å²) in [6.07, 6.45) is -2.94. The highest BCUT2D eigenvalue weighted by molar-refractivity contribution is 5.79. The molecule has 0 aromatic rings. The van der Waals surface area contributed by atoms with Gasteiger partial charge in [0.2, 0.25) is 0 Å². The molecular weight excluding hydrogens is 243 g/mol. The standard InChI is InChI=1S/C12H24F3N3/c1-9(2)5-6-10(3)18-11(16-4)17-8-7-12(13,14)15/h9-10H,5-8H2,1-4H3,(H2,16,17,18). The molecule has 0 spiro atoms. The lowest BCUT2D eigenvalue weighted by molar-refractivity contribution is -0.132.